The summed E-state index contributed by atoms with van der Waals surface area (Å²) in [6.07, 6.45) is 8.74. The molecule has 2 saturated carbocycles. The Hall–Kier alpha value is -3.46. The molecule has 2 aromatic heterocycles. The van der Waals surface area contributed by atoms with Gasteiger partial charge in [0.1, 0.15) is 12.3 Å². The maximum absolute atomic E-state index is 13.9. The predicted octanol–water partition coefficient (Wildman–Crippen LogP) is 5.87. The van der Waals surface area contributed by atoms with Crippen molar-refractivity contribution in [2.45, 2.75) is 57.4 Å². The van der Waals surface area contributed by atoms with E-state index in [1.165, 1.54) is 24.2 Å². The third-order valence-corrected chi connectivity index (χ3v) is 8.97. The van der Waals surface area contributed by atoms with Crippen LogP contribution in [0.1, 0.15) is 51.4 Å². The van der Waals surface area contributed by atoms with E-state index >= 15 is 0 Å². The number of thiazole rings is 1. The zero-order chi connectivity index (χ0) is 26.9. The van der Waals surface area contributed by atoms with E-state index in [2.05, 4.69) is 22.0 Å². The average Bonchev–Trinajstić information content (AvgIpc) is 3.41. The van der Waals surface area contributed by atoms with Crippen LogP contribution < -0.4 is 14.5 Å². The van der Waals surface area contributed by atoms with E-state index in [4.69, 9.17) is 9.72 Å². The second kappa shape index (κ2) is 11.0. The van der Waals surface area contributed by atoms with Gasteiger partial charge in [-0.2, -0.15) is 0 Å². The van der Waals surface area contributed by atoms with Gasteiger partial charge >= 0.3 is 5.97 Å². The zero-order valence-corrected chi connectivity index (χ0v) is 23.0. The lowest BCUT2D eigenvalue weighted by molar-refractivity contribution is -0.141. The summed E-state index contributed by atoms with van der Waals surface area (Å²) in [4.78, 5) is 39.1. The van der Waals surface area contributed by atoms with E-state index in [9.17, 15) is 14.7 Å². The minimum Gasteiger partial charge on any atom is -0.481 e. The lowest BCUT2D eigenvalue weighted by atomic mass is 9.90. The topological polar surface area (TPSA) is 95.9 Å². The lowest BCUT2D eigenvalue weighted by Crippen LogP contribution is -2.39. The van der Waals surface area contributed by atoms with Crippen molar-refractivity contribution in [2.75, 3.05) is 30.0 Å². The average molecular weight is 547 g/mol. The molecule has 1 unspecified atom stereocenters. The van der Waals surface area contributed by atoms with Crippen molar-refractivity contribution in [3.63, 3.8) is 0 Å². The van der Waals surface area contributed by atoms with Crippen molar-refractivity contribution in [3.05, 3.63) is 41.9 Å². The number of carboxylic acid groups (broad SMARTS) is 1. The molecule has 0 spiro atoms. The van der Waals surface area contributed by atoms with Crippen molar-refractivity contribution in [3.8, 4) is 28.3 Å². The Balaban J connectivity index is 1.30. The number of likely N-dealkylation sites (N-methyl/N-ethyl adjacent to an activating group) is 1. The Bertz CT molecular complexity index is 1360. The normalized spacial score (nSPS) is 17.9. The van der Waals surface area contributed by atoms with Crippen LogP contribution in [-0.2, 0) is 9.59 Å². The number of rotatable bonds is 9. The SMILES string of the molecule is CN1CCOc2ncc(-c3ccccc3-c3csc(N(C(=O)C(CC(=O)O)CC4CCCC4)C4CC4)n3)cc21. The monoisotopic (exact) mass is 546 g/mol. The fourth-order valence-electron chi connectivity index (χ4n) is 5.92. The quantitative estimate of drug-likeness (QED) is 0.359. The molecule has 6 rings (SSSR count). The maximum Gasteiger partial charge on any atom is 0.304 e. The largest absolute Gasteiger partial charge is 0.481 e. The van der Waals surface area contributed by atoms with Crippen LogP contribution in [0.5, 0.6) is 5.88 Å². The molecule has 2 fully saturated rings. The number of hydrogen-bond acceptors (Lipinski definition) is 7. The molecule has 3 aromatic rings. The van der Waals surface area contributed by atoms with Crippen LogP contribution in [0.3, 0.4) is 0 Å². The number of pyridine rings is 1. The van der Waals surface area contributed by atoms with Gasteiger partial charge in [0.15, 0.2) is 5.13 Å². The Kier molecular flexibility index (Phi) is 7.25. The second-order valence-corrected chi connectivity index (χ2v) is 11.8. The smallest absolute Gasteiger partial charge is 0.304 e. The number of anilines is 2. The molecule has 0 radical (unpaired) electrons. The summed E-state index contributed by atoms with van der Waals surface area (Å²) in [5, 5.41) is 12.3. The number of amides is 1. The first-order chi connectivity index (χ1) is 19.0. The summed E-state index contributed by atoms with van der Waals surface area (Å²) >= 11 is 1.46. The molecule has 204 valence electrons. The number of benzene rings is 1. The molecule has 0 saturated heterocycles. The van der Waals surface area contributed by atoms with Crippen molar-refractivity contribution < 1.29 is 19.4 Å². The Morgan fingerprint density at radius 3 is 2.69 bits per heavy atom. The fourth-order valence-corrected chi connectivity index (χ4v) is 6.82. The maximum atomic E-state index is 13.9. The highest BCUT2D eigenvalue weighted by Gasteiger charge is 2.40. The number of nitrogens with zero attached hydrogens (tertiary/aromatic N) is 4. The van der Waals surface area contributed by atoms with Crippen LogP contribution in [0.15, 0.2) is 41.9 Å². The van der Waals surface area contributed by atoms with Crippen LogP contribution in [-0.4, -0.2) is 53.2 Å². The van der Waals surface area contributed by atoms with Gasteiger partial charge in [0.05, 0.1) is 18.7 Å². The van der Waals surface area contributed by atoms with Gasteiger partial charge in [0, 0.05) is 41.7 Å². The molecule has 3 aliphatic rings. The van der Waals surface area contributed by atoms with Gasteiger partial charge in [-0.1, -0.05) is 49.9 Å². The molecule has 1 amide bonds. The van der Waals surface area contributed by atoms with Gasteiger partial charge in [0.2, 0.25) is 11.8 Å². The van der Waals surface area contributed by atoms with Crippen molar-refractivity contribution in [1.29, 1.82) is 0 Å². The third kappa shape index (κ3) is 5.50. The number of ether oxygens (including phenoxy) is 1. The summed E-state index contributed by atoms with van der Waals surface area (Å²) in [5.74, 6) is -0.416. The molecule has 8 nitrogen and oxygen atoms in total. The van der Waals surface area contributed by atoms with Gasteiger partial charge in [-0.25, -0.2) is 9.97 Å². The molecular formula is C30H34N4O4S. The summed E-state index contributed by atoms with van der Waals surface area (Å²) in [6, 6.07) is 10.3. The number of carboxylic acids is 1. The van der Waals surface area contributed by atoms with Gasteiger partial charge in [0.25, 0.3) is 0 Å². The van der Waals surface area contributed by atoms with E-state index in [1.54, 1.807) is 0 Å². The summed E-state index contributed by atoms with van der Waals surface area (Å²) in [6.45, 7) is 1.43. The first-order valence-corrected chi connectivity index (χ1v) is 14.8. The lowest BCUT2D eigenvalue weighted by Gasteiger charge is -2.27. The number of hydrogen-bond donors (Lipinski definition) is 1. The highest BCUT2D eigenvalue weighted by Crippen LogP contribution is 2.41. The fraction of sp³-hybridized carbons (Fsp3) is 0.467. The van der Waals surface area contributed by atoms with Crippen molar-refractivity contribution in [1.82, 2.24) is 9.97 Å². The highest BCUT2D eigenvalue weighted by atomic mass is 32.1. The zero-order valence-electron chi connectivity index (χ0n) is 22.2. The number of aromatic nitrogens is 2. The summed E-state index contributed by atoms with van der Waals surface area (Å²) in [5.41, 5.74) is 4.72. The number of aliphatic carboxylic acids is 1. The van der Waals surface area contributed by atoms with E-state index < -0.39 is 11.9 Å². The molecule has 1 atom stereocenters. The number of fused-ring (bicyclic) bond motifs is 1. The minimum atomic E-state index is -0.912. The third-order valence-electron chi connectivity index (χ3n) is 8.13. The Morgan fingerprint density at radius 2 is 1.95 bits per heavy atom. The molecule has 39 heavy (non-hydrogen) atoms. The molecular weight excluding hydrogens is 512 g/mol. The molecule has 3 heterocycles. The molecule has 1 aromatic carbocycles. The van der Waals surface area contributed by atoms with Crippen LogP contribution in [0.2, 0.25) is 0 Å². The van der Waals surface area contributed by atoms with Crippen molar-refractivity contribution >= 4 is 34.0 Å². The van der Waals surface area contributed by atoms with Gasteiger partial charge < -0.3 is 14.7 Å². The van der Waals surface area contributed by atoms with E-state index in [0.717, 1.165) is 60.3 Å². The van der Waals surface area contributed by atoms with E-state index in [-0.39, 0.29) is 18.4 Å². The van der Waals surface area contributed by atoms with Crippen molar-refractivity contribution in [2.24, 2.45) is 11.8 Å². The van der Waals surface area contributed by atoms with Gasteiger partial charge in [-0.15, -0.1) is 11.3 Å². The van der Waals surface area contributed by atoms with E-state index in [1.807, 2.05) is 41.7 Å². The Labute approximate surface area is 232 Å². The van der Waals surface area contributed by atoms with E-state index in [0.29, 0.717) is 30.0 Å². The summed E-state index contributed by atoms with van der Waals surface area (Å²) in [7, 11) is 2.04. The van der Waals surface area contributed by atoms with Gasteiger partial charge in [-0.05, 0) is 36.8 Å². The van der Waals surface area contributed by atoms with Crippen LogP contribution in [0.4, 0.5) is 10.8 Å². The first-order valence-electron chi connectivity index (χ1n) is 13.9. The molecule has 0 bridgehead atoms. The number of carbonyl (C=O) groups is 2. The molecule has 9 heteroatoms. The molecule has 1 aliphatic heterocycles. The number of carbonyl (C=O) groups excluding carboxylic acids is 1. The molecule has 2 aliphatic carbocycles. The van der Waals surface area contributed by atoms with Gasteiger partial charge in [-0.3, -0.25) is 14.5 Å². The summed E-state index contributed by atoms with van der Waals surface area (Å²) < 4.78 is 5.73. The highest BCUT2D eigenvalue weighted by molar-refractivity contribution is 7.14. The van der Waals surface area contributed by atoms with Crippen LogP contribution >= 0.6 is 11.3 Å². The minimum absolute atomic E-state index is 0.0806. The first kappa shape index (κ1) is 25.8. The Morgan fingerprint density at radius 1 is 1.18 bits per heavy atom. The van der Waals surface area contributed by atoms with Crippen LogP contribution in [0.25, 0.3) is 22.4 Å². The van der Waals surface area contributed by atoms with Crippen LogP contribution in [0, 0.1) is 11.8 Å². The predicted molar refractivity (Wildman–Crippen MR) is 152 cm³/mol. The molecule has 1 N–H and O–H groups in total. The standard InChI is InChI=1S/C30H34N4O4S/c1-33-12-13-38-28-26(33)15-21(17-31-28)23-8-4-5-9-24(23)25-18-39-30(32-25)34(22-10-11-22)29(37)20(16-27(35)36)14-19-6-2-3-7-19/h4-5,8-9,15,17-20,22H,2-3,6-7,10-14,16H2,1H3,(H,35,36). The second-order valence-electron chi connectivity index (χ2n) is 11.0.